The van der Waals surface area contributed by atoms with Crippen molar-refractivity contribution in [1.82, 2.24) is 10.3 Å². The van der Waals surface area contributed by atoms with Gasteiger partial charge in [-0.15, -0.1) is 0 Å². The van der Waals surface area contributed by atoms with Crippen LogP contribution in [0, 0.1) is 5.92 Å². The Labute approximate surface area is 225 Å². The maximum Gasteiger partial charge on any atom is 0.251 e. The van der Waals surface area contributed by atoms with Crippen LogP contribution in [0.3, 0.4) is 0 Å². The van der Waals surface area contributed by atoms with Crippen molar-refractivity contribution in [2.24, 2.45) is 11.7 Å². The molecule has 6 heteroatoms. The molecular weight excluding hydrogens is 474 g/mol. The molecule has 4 rings (SSSR count). The second kappa shape index (κ2) is 13.1. The molecule has 0 saturated heterocycles. The first-order valence-corrected chi connectivity index (χ1v) is 13.5. The highest BCUT2D eigenvalue weighted by atomic mass is 16.5. The number of nitrogens with zero attached hydrogens (tertiary/aromatic N) is 1. The van der Waals surface area contributed by atoms with Crippen LogP contribution in [0.2, 0.25) is 0 Å². The summed E-state index contributed by atoms with van der Waals surface area (Å²) < 4.78 is 11.0. The molecule has 3 aromatic carbocycles. The number of nitrogens with two attached hydrogens (primary N) is 1. The van der Waals surface area contributed by atoms with E-state index in [2.05, 4.69) is 25.2 Å². The van der Waals surface area contributed by atoms with E-state index in [4.69, 9.17) is 20.2 Å². The Morgan fingerprint density at radius 2 is 1.53 bits per heavy atom. The summed E-state index contributed by atoms with van der Waals surface area (Å²) in [5.74, 6) is 2.10. The van der Waals surface area contributed by atoms with E-state index in [1.807, 2.05) is 73.7 Å². The molecule has 0 radical (unpaired) electrons. The lowest BCUT2D eigenvalue weighted by Gasteiger charge is -2.14. The Bertz CT molecular complexity index is 1350. The van der Waals surface area contributed by atoms with E-state index in [0.29, 0.717) is 30.4 Å². The van der Waals surface area contributed by atoms with Crippen molar-refractivity contribution in [3.63, 3.8) is 0 Å². The molecule has 198 valence electrons. The average Bonchev–Trinajstić information content (AvgIpc) is 2.95. The number of ether oxygens (including phenoxy) is 2. The number of rotatable bonds is 12. The Hall–Kier alpha value is -3.90. The smallest absolute Gasteiger partial charge is 0.251 e. The lowest BCUT2D eigenvalue weighted by atomic mass is 9.96. The van der Waals surface area contributed by atoms with Crippen molar-refractivity contribution in [2.45, 2.75) is 40.0 Å². The minimum Gasteiger partial charge on any atom is -0.494 e. The number of amides is 1. The van der Waals surface area contributed by atoms with Crippen LogP contribution < -0.4 is 20.5 Å². The molecule has 0 atom stereocenters. The van der Waals surface area contributed by atoms with Gasteiger partial charge in [0.15, 0.2) is 0 Å². The molecule has 0 spiro atoms. The zero-order valence-corrected chi connectivity index (χ0v) is 22.5. The maximum absolute atomic E-state index is 12.9. The van der Waals surface area contributed by atoms with Crippen molar-refractivity contribution >= 4 is 16.8 Å². The Morgan fingerprint density at radius 3 is 2.16 bits per heavy atom. The lowest BCUT2D eigenvalue weighted by Crippen LogP contribution is -2.25. The number of carbonyl (C=O) groups is 1. The van der Waals surface area contributed by atoms with E-state index in [1.165, 1.54) is 0 Å². The van der Waals surface area contributed by atoms with Gasteiger partial charge in [0.2, 0.25) is 0 Å². The number of fused-ring (bicyclic) bond motifs is 1. The Kier molecular flexibility index (Phi) is 9.33. The van der Waals surface area contributed by atoms with E-state index in [0.717, 1.165) is 58.3 Å². The summed E-state index contributed by atoms with van der Waals surface area (Å²) in [6.07, 6.45) is 3.25. The fourth-order valence-electron chi connectivity index (χ4n) is 4.64. The lowest BCUT2D eigenvalue weighted by molar-refractivity contribution is 0.0951. The Balaban J connectivity index is 1.70. The summed E-state index contributed by atoms with van der Waals surface area (Å²) in [4.78, 5) is 18.0. The number of nitrogens with one attached hydrogen (secondary N) is 1. The fourth-order valence-corrected chi connectivity index (χ4v) is 4.64. The first-order valence-electron chi connectivity index (χ1n) is 13.5. The second-order valence-electron chi connectivity index (χ2n) is 9.31. The highest BCUT2D eigenvalue weighted by Gasteiger charge is 2.14. The molecular formula is C32H37N3O3. The third-order valence-corrected chi connectivity index (χ3v) is 6.93. The molecule has 1 amide bonds. The molecule has 4 aromatic rings. The van der Waals surface area contributed by atoms with Gasteiger partial charge in [0.1, 0.15) is 18.2 Å². The van der Waals surface area contributed by atoms with Crippen LogP contribution in [-0.2, 0) is 0 Å². The SMILES string of the molecule is CCOc1ccc(-c2nc3cc(C(=O)NCCC(CC)CC)ccc3cc2-c2ccc(OCN)cc2)cc1. The van der Waals surface area contributed by atoms with E-state index in [-0.39, 0.29) is 12.6 Å². The number of hydrogen-bond acceptors (Lipinski definition) is 5. The molecule has 0 bridgehead atoms. The molecule has 0 fully saturated rings. The standard InChI is InChI=1S/C32H37N3O3/c1-4-22(5-2)17-18-34-32(36)26-8-7-25-19-29(23-9-13-28(14-10-23)38-21-33)31(35-30(25)20-26)24-11-15-27(16-12-24)37-6-3/h7-16,19-20,22H,4-6,17-18,21,33H2,1-3H3,(H,34,36). The predicted octanol–water partition coefficient (Wildman–Crippen LogP) is 6.82. The van der Waals surface area contributed by atoms with Crippen molar-refractivity contribution < 1.29 is 14.3 Å². The largest absolute Gasteiger partial charge is 0.494 e. The zero-order valence-electron chi connectivity index (χ0n) is 22.5. The van der Waals surface area contributed by atoms with Gasteiger partial charge in [0.25, 0.3) is 5.91 Å². The third-order valence-electron chi connectivity index (χ3n) is 6.93. The van der Waals surface area contributed by atoms with Crippen LogP contribution in [0.1, 0.15) is 50.4 Å². The average molecular weight is 512 g/mol. The summed E-state index contributed by atoms with van der Waals surface area (Å²) in [6.45, 7) is 7.78. The molecule has 0 aliphatic heterocycles. The van der Waals surface area contributed by atoms with Gasteiger partial charge in [-0.1, -0.05) is 44.9 Å². The quantitative estimate of drug-likeness (QED) is 0.204. The molecule has 6 nitrogen and oxygen atoms in total. The van der Waals surface area contributed by atoms with E-state index in [9.17, 15) is 4.79 Å². The topological polar surface area (TPSA) is 86.5 Å². The zero-order chi connectivity index (χ0) is 26.9. The van der Waals surface area contributed by atoms with Crippen LogP contribution >= 0.6 is 0 Å². The first kappa shape index (κ1) is 27.1. The minimum absolute atomic E-state index is 0.0677. The number of hydrogen-bond donors (Lipinski definition) is 2. The molecule has 0 unspecified atom stereocenters. The predicted molar refractivity (Wildman–Crippen MR) is 154 cm³/mol. The summed E-state index contributed by atoms with van der Waals surface area (Å²) >= 11 is 0. The van der Waals surface area contributed by atoms with Gasteiger partial charge in [0.05, 0.1) is 17.8 Å². The van der Waals surface area contributed by atoms with Gasteiger partial charge in [-0.3, -0.25) is 10.5 Å². The van der Waals surface area contributed by atoms with Crippen LogP contribution in [0.5, 0.6) is 11.5 Å². The van der Waals surface area contributed by atoms with Crippen molar-refractivity contribution in [2.75, 3.05) is 19.9 Å². The number of benzene rings is 3. The molecule has 3 N–H and O–H groups in total. The summed E-state index contributed by atoms with van der Waals surface area (Å²) in [6, 6.07) is 23.6. The van der Waals surface area contributed by atoms with Gasteiger partial charge in [0, 0.05) is 28.6 Å². The van der Waals surface area contributed by atoms with Crippen molar-refractivity contribution in [3.05, 3.63) is 78.4 Å². The first-order chi connectivity index (χ1) is 18.6. The number of aromatic nitrogens is 1. The van der Waals surface area contributed by atoms with Gasteiger partial charge in [-0.05, 0) is 79.4 Å². The second-order valence-corrected chi connectivity index (χ2v) is 9.31. The van der Waals surface area contributed by atoms with Crippen molar-refractivity contribution in [3.8, 4) is 33.9 Å². The molecule has 0 saturated carbocycles. The normalized spacial score (nSPS) is 11.1. The van der Waals surface area contributed by atoms with Gasteiger partial charge < -0.3 is 14.8 Å². The summed E-state index contributed by atoms with van der Waals surface area (Å²) in [5, 5.41) is 4.04. The highest BCUT2D eigenvalue weighted by molar-refractivity contribution is 5.99. The molecule has 0 aliphatic rings. The fraction of sp³-hybridized carbons (Fsp3) is 0.312. The minimum atomic E-state index is -0.0677. The van der Waals surface area contributed by atoms with E-state index < -0.39 is 0 Å². The van der Waals surface area contributed by atoms with Gasteiger partial charge in [-0.2, -0.15) is 0 Å². The number of carbonyl (C=O) groups excluding carboxylic acids is 1. The summed E-state index contributed by atoms with van der Waals surface area (Å²) in [5.41, 5.74) is 10.7. The third kappa shape index (κ3) is 6.50. The van der Waals surface area contributed by atoms with Crippen LogP contribution in [-0.4, -0.2) is 30.8 Å². The number of pyridine rings is 1. The van der Waals surface area contributed by atoms with Crippen LogP contribution in [0.25, 0.3) is 33.3 Å². The Morgan fingerprint density at radius 1 is 0.868 bits per heavy atom. The van der Waals surface area contributed by atoms with Crippen LogP contribution in [0.15, 0.2) is 72.8 Å². The monoisotopic (exact) mass is 511 g/mol. The molecule has 0 aliphatic carbocycles. The van der Waals surface area contributed by atoms with Gasteiger partial charge in [-0.25, -0.2) is 4.98 Å². The van der Waals surface area contributed by atoms with E-state index in [1.54, 1.807) is 0 Å². The van der Waals surface area contributed by atoms with Crippen LogP contribution in [0.4, 0.5) is 0 Å². The highest BCUT2D eigenvalue weighted by Crippen LogP contribution is 2.35. The molecule has 1 aromatic heterocycles. The summed E-state index contributed by atoms with van der Waals surface area (Å²) in [7, 11) is 0. The van der Waals surface area contributed by atoms with Crippen molar-refractivity contribution in [1.29, 1.82) is 0 Å². The van der Waals surface area contributed by atoms with E-state index >= 15 is 0 Å². The maximum atomic E-state index is 12.9. The molecule has 1 heterocycles. The van der Waals surface area contributed by atoms with Gasteiger partial charge >= 0.3 is 0 Å². The molecule has 38 heavy (non-hydrogen) atoms.